The first-order valence-corrected chi connectivity index (χ1v) is 3.66. The quantitative estimate of drug-likeness (QED) is 0.327. The predicted molar refractivity (Wildman–Crippen MR) is 47.1 cm³/mol. The van der Waals surface area contributed by atoms with Gasteiger partial charge in [0, 0.05) is 7.05 Å². The van der Waals surface area contributed by atoms with Crippen molar-refractivity contribution in [2.75, 3.05) is 13.6 Å². The second kappa shape index (κ2) is 5.01. The predicted octanol–water partition coefficient (Wildman–Crippen LogP) is 0.212. The number of carboxylic acids is 1. The van der Waals surface area contributed by atoms with Crippen LogP contribution < -0.4 is 5.32 Å². The average Bonchev–Trinajstić information content (AvgIpc) is 1.99. The number of aliphatic carboxylic acids is 1. The third kappa shape index (κ3) is 4.66. The molecular formula is C6H12N2O2S. The first kappa shape index (κ1) is 10.3. The van der Waals surface area contributed by atoms with Gasteiger partial charge in [0.2, 0.25) is 0 Å². The highest BCUT2D eigenvalue weighted by Crippen LogP contribution is 1.95. The Labute approximate surface area is 71.1 Å². The summed E-state index contributed by atoms with van der Waals surface area (Å²) in [6, 6.07) is 0. The minimum absolute atomic E-state index is 0.259. The first-order valence-electron chi connectivity index (χ1n) is 3.22. The van der Waals surface area contributed by atoms with Crippen molar-refractivity contribution in [1.82, 2.24) is 5.32 Å². The summed E-state index contributed by atoms with van der Waals surface area (Å²) in [6.07, 6.45) is 0. The molecule has 0 aliphatic heterocycles. The lowest BCUT2D eigenvalue weighted by Gasteiger charge is -2.01. The Morgan fingerprint density at radius 2 is 2.36 bits per heavy atom. The molecule has 0 rings (SSSR count). The van der Waals surface area contributed by atoms with Crippen LogP contribution in [0.15, 0.2) is 4.99 Å². The second-order valence-corrected chi connectivity index (χ2v) is 2.58. The van der Waals surface area contributed by atoms with E-state index >= 15 is 0 Å². The van der Waals surface area contributed by atoms with Crippen molar-refractivity contribution in [2.45, 2.75) is 6.92 Å². The Kier molecular flexibility index (Phi) is 4.69. The summed E-state index contributed by atoms with van der Waals surface area (Å²) < 4.78 is 0. The van der Waals surface area contributed by atoms with E-state index in [0.717, 1.165) is 0 Å². The first-order chi connectivity index (χ1) is 5.07. The van der Waals surface area contributed by atoms with Gasteiger partial charge in [0.15, 0.2) is 5.17 Å². The van der Waals surface area contributed by atoms with Gasteiger partial charge < -0.3 is 10.4 Å². The maximum atomic E-state index is 10.3. The average molecular weight is 176 g/mol. The van der Waals surface area contributed by atoms with Gasteiger partial charge in [-0.2, -0.15) is 0 Å². The van der Waals surface area contributed by atoms with Crippen LogP contribution in [0.4, 0.5) is 0 Å². The van der Waals surface area contributed by atoms with Gasteiger partial charge in [-0.25, -0.2) is 0 Å². The van der Waals surface area contributed by atoms with Gasteiger partial charge in [0.1, 0.15) is 0 Å². The Hall–Kier alpha value is -0.710. The lowest BCUT2D eigenvalue weighted by Crippen LogP contribution is -2.17. The minimum atomic E-state index is -0.842. The number of nitrogens with one attached hydrogen (secondary N) is 1. The lowest BCUT2D eigenvalue weighted by molar-refractivity contribution is -0.140. The summed E-state index contributed by atoms with van der Waals surface area (Å²) >= 11 is 3.92. The molecule has 0 aliphatic carbocycles. The van der Waals surface area contributed by atoms with Gasteiger partial charge in [-0.05, 0) is 0 Å². The van der Waals surface area contributed by atoms with Crippen molar-refractivity contribution in [3.63, 3.8) is 0 Å². The minimum Gasteiger partial charge on any atom is -0.481 e. The third-order valence-corrected chi connectivity index (χ3v) is 1.53. The molecule has 2 N–H and O–H groups in total. The van der Waals surface area contributed by atoms with Crippen molar-refractivity contribution in [2.24, 2.45) is 10.9 Å². The molecule has 64 valence electrons. The molecule has 4 nitrogen and oxygen atoms in total. The summed E-state index contributed by atoms with van der Waals surface area (Å²) in [6.45, 7) is 1.86. The number of rotatable bonds is 3. The molecule has 0 saturated carbocycles. The van der Waals surface area contributed by atoms with Crippen molar-refractivity contribution in [3.05, 3.63) is 0 Å². The normalized spacial score (nSPS) is 14.3. The zero-order valence-electron chi connectivity index (χ0n) is 6.53. The summed E-state index contributed by atoms with van der Waals surface area (Å²) in [5.74, 6) is -1.29. The highest BCUT2D eigenvalue weighted by atomic mass is 32.1. The number of carbonyl (C=O) groups is 1. The van der Waals surface area contributed by atoms with Crippen LogP contribution in [0.1, 0.15) is 6.92 Å². The molecule has 0 radical (unpaired) electrons. The van der Waals surface area contributed by atoms with E-state index in [0.29, 0.717) is 5.17 Å². The van der Waals surface area contributed by atoms with Crippen LogP contribution in [0.25, 0.3) is 0 Å². The molecule has 1 unspecified atom stereocenters. The molecule has 0 spiro atoms. The molecule has 0 aromatic heterocycles. The van der Waals surface area contributed by atoms with E-state index in [9.17, 15) is 4.79 Å². The van der Waals surface area contributed by atoms with Gasteiger partial charge in [0.05, 0.1) is 12.5 Å². The molecule has 5 heteroatoms. The van der Waals surface area contributed by atoms with E-state index in [2.05, 4.69) is 22.9 Å². The number of hydrogen-bond donors (Lipinski definition) is 3. The zero-order valence-corrected chi connectivity index (χ0v) is 7.43. The van der Waals surface area contributed by atoms with Gasteiger partial charge >= 0.3 is 5.97 Å². The monoisotopic (exact) mass is 176 g/mol. The van der Waals surface area contributed by atoms with Crippen LogP contribution in [0.5, 0.6) is 0 Å². The molecule has 0 fully saturated rings. The van der Waals surface area contributed by atoms with E-state index in [1.807, 2.05) is 0 Å². The zero-order chi connectivity index (χ0) is 8.85. The largest absolute Gasteiger partial charge is 0.481 e. The Bertz CT molecular complexity index is 170. The SMILES string of the molecule is CN/C(S)=N/CC(C)C(=O)O. The van der Waals surface area contributed by atoms with Gasteiger partial charge in [-0.3, -0.25) is 9.79 Å². The molecule has 11 heavy (non-hydrogen) atoms. The fourth-order valence-corrected chi connectivity index (χ4v) is 0.462. The fourth-order valence-electron chi connectivity index (χ4n) is 0.381. The summed E-state index contributed by atoms with van der Waals surface area (Å²) in [5.41, 5.74) is 0. The Morgan fingerprint density at radius 3 is 2.73 bits per heavy atom. The maximum absolute atomic E-state index is 10.3. The van der Waals surface area contributed by atoms with Crippen LogP contribution in [0.2, 0.25) is 0 Å². The number of hydrogen-bond acceptors (Lipinski definition) is 2. The third-order valence-electron chi connectivity index (χ3n) is 1.16. The summed E-state index contributed by atoms with van der Waals surface area (Å²) in [5, 5.41) is 11.6. The molecule has 0 aliphatic rings. The van der Waals surface area contributed by atoms with Crippen molar-refractivity contribution < 1.29 is 9.90 Å². The number of nitrogens with zero attached hydrogens (tertiary/aromatic N) is 1. The highest BCUT2D eigenvalue weighted by Gasteiger charge is 2.08. The van der Waals surface area contributed by atoms with E-state index in [1.165, 1.54) is 0 Å². The molecule has 0 aromatic carbocycles. The summed E-state index contributed by atoms with van der Waals surface area (Å²) in [7, 11) is 1.68. The molecule has 1 atom stereocenters. The van der Waals surface area contributed by atoms with Crippen LogP contribution in [0, 0.1) is 5.92 Å². The molecular weight excluding hydrogens is 164 g/mol. The second-order valence-electron chi connectivity index (χ2n) is 2.15. The van der Waals surface area contributed by atoms with E-state index in [1.54, 1.807) is 14.0 Å². The van der Waals surface area contributed by atoms with Crippen molar-refractivity contribution in [1.29, 1.82) is 0 Å². The van der Waals surface area contributed by atoms with E-state index in [4.69, 9.17) is 5.11 Å². The molecule has 0 saturated heterocycles. The van der Waals surface area contributed by atoms with Crippen molar-refractivity contribution in [3.8, 4) is 0 Å². The number of carboxylic acid groups (broad SMARTS) is 1. The van der Waals surface area contributed by atoms with E-state index in [-0.39, 0.29) is 6.54 Å². The van der Waals surface area contributed by atoms with Gasteiger partial charge in [-0.1, -0.05) is 6.92 Å². The lowest BCUT2D eigenvalue weighted by atomic mass is 10.2. The van der Waals surface area contributed by atoms with Crippen LogP contribution in [0.3, 0.4) is 0 Å². The maximum Gasteiger partial charge on any atom is 0.308 e. The van der Waals surface area contributed by atoms with Crippen LogP contribution in [-0.2, 0) is 4.79 Å². The van der Waals surface area contributed by atoms with Gasteiger partial charge in [-0.15, -0.1) is 12.6 Å². The smallest absolute Gasteiger partial charge is 0.308 e. The molecule has 0 amide bonds. The topological polar surface area (TPSA) is 61.7 Å². The van der Waals surface area contributed by atoms with Crippen LogP contribution >= 0.6 is 12.6 Å². The van der Waals surface area contributed by atoms with Gasteiger partial charge in [0.25, 0.3) is 0 Å². The Morgan fingerprint density at radius 1 is 1.82 bits per heavy atom. The summed E-state index contributed by atoms with van der Waals surface area (Å²) in [4.78, 5) is 14.1. The number of aliphatic imine (C=N–C) groups is 1. The standard InChI is InChI=1S/C6H12N2O2S/c1-4(5(9)10)3-8-6(11)7-2/h4H,3H2,1-2H3,(H,9,10)(H2,7,8,11). The Balaban J connectivity index is 3.78. The molecule has 0 aromatic rings. The van der Waals surface area contributed by atoms with E-state index < -0.39 is 11.9 Å². The molecule has 0 heterocycles. The fraction of sp³-hybridized carbons (Fsp3) is 0.667. The molecule has 0 bridgehead atoms. The van der Waals surface area contributed by atoms with Crippen LogP contribution in [-0.4, -0.2) is 29.8 Å². The van der Waals surface area contributed by atoms with Crippen molar-refractivity contribution >= 4 is 23.8 Å². The number of thiol groups is 1. The number of amidine groups is 1. The highest BCUT2D eigenvalue weighted by molar-refractivity contribution is 7.96.